The van der Waals surface area contributed by atoms with Gasteiger partial charge in [-0.2, -0.15) is 0 Å². The Labute approximate surface area is 103 Å². The first kappa shape index (κ1) is 14.0. The van der Waals surface area contributed by atoms with Crippen molar-refractivity contribution in [1.29, 1.82) is 0 Å². The molecule has 0 aliphatic carbocycles. The van der Waals surface area contributed by atoms with Crippen molar-refractivity contribution in [1.82, 2.24) is 5.32 Å². The molecule has 0 radical (unpaired) electrons. The van der Waals surface area contributed by atoms with E-state index in [2.05, 4.69) is 26.1 Å². The van der Waals surface area contributed by atoms with Gasteiger partial charge in [-0.05, 0) is 43.1 Å². The summed E-state index contributed by atoms with van der Waals surface area (Å²) in [6.07, 6.45) is 0.110. The summed E-state index contributed by atoms with van der Waals surface area (Å²) in [7, 11) is 0. The minimum atomic E-state index is -0.220. The van der Waals surface area contributed by atoms with E-state index in [9.17, 15) is 4.39 Å². The fraction of sp³-hybridized carbons (Fsp3) is 0.571. The Kier molecular flexibility index (Phi) is 5.42. The first-order chi connectivity index (χ1) is 8.04. The number of aryl methyl sites for hydroxylation is 1. The zero-order valence-corrected chi connectivity index (χ0v) is 11.1. The Morgan fingerprint density at radius 1 is 1.35 bits per heavy atom. The zero-order valence-electron chi connectivity index (χ0n) is 11.1. The fourth-order valence-electron chi connectivity index (χ4n) is 1.61. The molecule has 1 aromatic rings. The standard InChI is InChI=1S/C14H22FNO/c1-5-16-9-14(10(2)3)17-13-7-6-12(15)8-11(13)4/h6-8,10,14,16H,5,9H2,1-4H3. The van der Waals surface area contributed by atoms with Crippen LogP contribution in [0.15, 0.2) is 18.2 Å². The maximum absolute atomic E-state index is 13.0. The molecule has 1 atom stereocenters. The van der Waals surface area contributed by atoms with E-state index >= 15 is 0 Å². The molecular weight excluding hydrogens is 217 g/mol. The minimum absolute atomic E-state index is 0.110. The highest BCUT2D eigenvalue weighted by Crippen LogP contribution is 2.21. The second-order valence-electron chi connectivity index (χ2n) is 4.62. The Balaban J connectivity index is 2.71. The lowest BCUT2D eigenvalue weighted by Gasteiger charge is -2.23. The van der Waals surface area contributed by atoms with Crippen LogP contribution in [0.4, 0.5) is 4.39 Å². The molecule has 1 rings (SSSR count). The van der Waals surface area contributed by atoms with E-state index < -0.39 is 0 Å². The first-order valence-corrected chi connectivity index (χ1v) is 6.18. The van der Waals surface area contributed by atoms with Gasteiger partial charge in [0.05, 0.1) is 0 Å². The van der Waals surface area contributed by atoms with Crippen molar-refractivity contribution in [3.05, 3.63) is 29.6 Å². The molecule has 2 nitrogen and oxygen atoms in total. The van der Waals surface area contributed by atoms with Crippen LogP contribution in [0.2, 0.25) is 0 Å². The molecule has 0 spiro atoms. The Morgan fingerprint density at radius 3 is 2.59 bits per heavy atom. The van der Waals surface area contributed by atoms with E-state index in [4.69, 9.17) is 4.74 Å². The summed E-state index contributed by atoms with van der Waals surface area (Å²) in [4.78, 5) is 0. The van der Waals surface area contributed by atoms with Crippen LogP contribution in [0.5, 0.6) is 5.75 Å². The summed E-state index contributed by atoms with van der Waals surface area (Å²) in [6.45, 7) is 9.92. The van der Waals surface area contributed by atoms with Crippen LogP contribution in [0.3, 0.4) is 0 Å². The second-order valence-corrected chi connectivity index (χ2v) is 4.62. The number of rotatable bonds is 6. The van der Waals surface area contributed by atoms with E-state index in [1.807, 2.05) is 6.92 Å². The highest BCUT2D eigenvalue weighted by atomic mass is 19.1. The number of hydrogen-bond donors (Lipinski definition) is 1. The topological polar surface area (TPSA) is 21.3 Å². The van der Waals surface area contributed by atoms with Gasteiger partial charge in [0.1, 0.15) is 17.7 Å². The predicted molar refractivity (Wildman–Crippen MR) is 68.9 cm³/mol. The number of likely N-dealkylation sites (N-methyl/N-ethyl adjacent to an activating group) is 1. The maximum Gasteiger partial charge on any atom is 0.123 e. The van der Waals surface area contributed by atoms with E-state index in [1.165, 1.54) is 12.1 Å². The first-order valence-electron chi connectivity index (χ1n) is 6.18. The van der Waals surface area contributed by atoms with Crippen molar-refractivity contribution in [2.75, 3.05) is 13.1 Å². The third kappa shape index (κ3) is 4.35. The molecule has 1 N–H and O–H groups in total. The van der Waals surface area contributed by atoms with Crippen molar-refractivity contribution in [3.63, 3.8) is 0 Å². The molecule has 1 unspecified atom stereocenters. The average molecular weight is 239 g/mol. The van der Waals surface area contributed by atoms with Gasteiger partial charge in [-0.3, -0.25) is 0 Å². The van der Waals surface area contributed by atoms with E-state index in [0.29, 0.717) is 5.92 Å². The normalized spacial score (nSPS) is 12.8. The lowest BCUT2D eigenvalue weighted by Crippen LogP contribution is -2.35. The van der Waals surface area contributed by atoms with Crippen LogP contribution in [0.25, 0.3) is 0 Å². The summed E-state index contributed by atoms with van der Waals surface area (Å²) in [6, 6.07) is 4.64. The predicted octanol–water partition coefficient (Wildman–Crippen LogP) is 3.15. The third-order valence-electron chi connectivity index (χ3n) is 2.75. The molecule has 0 fully saturated rings. The van der Waals surface area contributed by atoms with E-state index in [1.54, 1.807) is 6.07 Å². The number of benzene rings is 1. The summed E-state index contributed by atoms with van der Waals surface area (Å²) < 4.78 is 18.9. The molecule has 0 aromatic heterocycles. The Bertz CT molecular complexity index is 352. The van der Waals surface area contributed by atoms with Crippen LogP contribution < -0.4 is 10.1 Å². The smallest absolute Gasteiger partial charge is 0.123 e. The molecule has 3 heteroatoms. The van der Waals surface area contributed by atoms with Crippen LogP contribution in [-0.2, 0) is 0 Å². The zero-order chi connectivity index (χ0) is 12.8. The second kappa shape index (κ2) is 6.60. The highest BCUT2D eigenvalue weighted by molar-refractivity contribution is 5.32. The Morgan fingerprint density at radius 2 is 2.06 bits per heavy atom. The van der Waals surface area contributed by atoms with Crippen molar-refractivity contribution in [2.45, 2.75) is 33.8 Å². The van der Waals surface area contributed by atoms with Crippen LogP contribution in [-0.4, -0.2) is 19.2 Å². The van der Waals surface area contributed by atoms with Crippen molar-refractivity contribution in [3.8, 4) is 5.75 Å². The van der Waals surface area contributed by atoms with Crippen LogP contribution in [0.1, 0.15) is 26.3 Å². The molecule has 17 heavy (non-hydrogen) atoms. The largest absolute Gasteiger partial charge is 0.489 e. The van der Waals surface area contributed by atoms with Crippen LogP contribution >= 0.6 is 0 Å². The van der Waals surface area contributed by atoms with Gasteiger partial charge < -0.3 is 10.1 Å². The lowest BCUT2D eigenvalue weighted by molar-refractivity contribution is 0.148. The molecule has 0 bridgehead atoms. The van der Waals surface area contributed by atoms with Gasteiger partial charge in [-0.15, -0.1) is 0 Å². The molecule has 0 aliphatic heterocycles. The van der Waals surface area contributed by atoms with Gasteiger partial charge in [-0.1, -0.05) is 20.8 Å². The van der Waals surface area contributed by atoms with Gasteiger partial charge in [0, 0.05) is 6.54 Å². The molecular formula is C14H22FNO. The SMILES string of the molecule is CCNCC(Oc1ccc(F)cc1C)C(C)C. The quantitative estimate of drug-likeness (QED) is 0.823. The Hall–Kier alpha value is -1.09. The van der Waals surface area contributed by atoms with Crippen molar-refractivity contribution >= 4 is 0 Å². The van der Waals surface area contributed by atoms with Crippen molar-refractivity contribution < 1.29 is 9.13 Å². The van der Waals surface area contributed by atoms with Gasteiger partial charge in [0.15, 0.2) is 0 Å². The van der Waals surface area contributed by atoms with E-state index in [-0.39, 0.29) is 11.9 Å². The summed E-state index contributed by atoms with van der Waals surface area (Å²) in [5.74, 6) is 0.962. The van der Waals surface area contributed by atoms with Gasteiger partial charge in [-0.25, -0.2) is 4.39 Å². The van der Waals surface area contributed by atoms with E-state index in [0.717, 1.165) is 24.4 Å². The number of nitrogens with one attached hydrogen (secondary N) is 1. The van der Waals surface area contributed by atoms with Gasteiger partial charge >= 0.3 is 0 Å². The number of hydrogen-bond acceptors (Lipinski definition) is 2. The molecule has 0 aliphatic rings. The third-order valence-corrected chi connectivity index (χ3v) is 2.75. The number of halogens is 1. The van der Waals surface area contributed by atoms with Gasteiger partial charge in [0.25, 0.3) is 0 Å². The number of ether oxygens (including phenoxy) is 1. The molecule has 0 heterocycles. The van der Waals surface area contributed by atoms with Gasteiger partial charge in [0.2, 0.25) is 0 Å². The molecule has 96 valence electrons. The summed E-state index contributed by atoms with van der Waals surface area (Å²) in [5.41, 5.74) is 0.840. The minimum Gasteiger partial charge on any atom is -0.489 e. The van der Waals surface area contributed by atoms with Crippen molar-refractivity contribution in [2.24, 2.45) is 5.92 Å². The summed E-state index contributed by atoms with van der Waals surface area (Å²) in [5, 5.41) is 3.28. The average Bonchev–Trinajstić information content (AvgIpc) is 2.26. The highest BCUT2D eigenvalue weighted by Gasteiger charge is 2.15. The molecule has 1 aromatic carbocycles. The maximum atomic E-state index is 13.0. The molecule has 0 saturated heterocycles. The summed E-state index contributed by atoms with van der Waals surface area (Å²) >= 11 is 0. The molecule has 0 saturated carbocycles. The lowest BCUT2D eigenvalue weighted by atomic mass is 10.1. The fourth-order valence-corrected chi connectivity index (χ4v) is 1.61. The molecule has 0 amide bonds. The van der Waals surface area contributed by atoms with Crippen LogP contribution in [0, 0.1) is 18.7 Å². The monoisotopic (exact) mass is 239 g/mol.